The lowest BCUT2D eigenvalue weighted by Crippen LogP contribution is -2.49. The fourth-order valence-corrected chi connectivity index (χ4v) is 7.29. The first kappa shape index (κ1) is 18.6. The van der Waals surface area contributed by atoms with E-state index in [9.17, 15) is 19.0 Å². The Bertz CT molecular complexity index is 615. The molecule has 4 aliphatic carbocycles. The zero-order valence-electron chi connectivity index (χ0n) is 15.8. The molecule has 0 aliphatic heterocycles. The van der Waals surface area contributed by atoms with Gasteiger partial charge in [0.05, 0.1) is 6.61 Å². The minimum atomic E-state index is -2.66. The van der Waals surface area contributed by atoms with E-state index in [4.69, 9.17) is 0 Å². The Balaban J connectivity index is 1.57. The van der Waals surface area contributed by atoms with Gasteiger partial charge in [-0.3, -0.25) is 0 Å². The molecule has 0 heterocycles. The topological polar surface area (TPSA) is 40.5 Å². The third-order valence-corrected chi connectivity index (χ3v) is 8.64. The molecular weight excluding hydrogens is 334 g/mol. The number of aliphatic hydroxyl groups is 2. The van der Waals surface area contributed by atoms with Crippen molar-refractivity contribution >= 4 is 0 Å². The number of aliphatic hydroxyl groups excluding tert-OH is 1. The first-order valence-corrected chi connectivity index (χ1v) is 10.3. The van der Waals surface area contributed by atoms with Gasteiger partial charge in [0, 0.05) is 6.42 Å². The van der Waals surface area contributed by atoms with Gasteiger partial charge in [-0.1, -0.05) is 25.2 Å². The maximum atomic E-state index is 13.3. The number of hydrogen-bond donors (Lipinski definition) is 2. The van der Waals surface area contributed by atoms with Crippen molar-refractivity contribution < 1.29 is 19.0 Å². The molecule has 0 aromatic rings. The normalized spacial score (nSPS) is 47.8. The predicted molar refractivity (Wildman–Crippen MR) is 97.8 cm³/mol. The molecular formula is C22H32F2O2. The van der Waals surface area contributed by atoms with E-state index in [1.165, 1.54) is 6.42 Å². The zero-order chi connectivity index (χ0) is 18.7. The molecule has 2 nitrogen and oxygen atoms in total. The lowest BCUT2D eigenvalue weighted by atomic mass is 9.51. The Labute approximate surface area is 155 Å². The van der Waals surface area contributed by atoms with Gasteiger partial charge in [-0.05, 0) is 85.5 Å². The Hall–Kier alpha value is -0.740. The summed E-state index contributed by atoms with van der Waals surface area (Å²) in [7, 11) is 0. The molecule has 3 fully saturated rings. The highest BCUT2D eigenvalue weighted by Crippen LogP contribution is 2.64. The lowest BCUT2D eigenvalue weighted by Gasteiger charge is -2.54. The molecule has 26 heavy (non-hydrogen) atoms. The van der Waals surface area contributed by atoms with Gasteiger partial charge in [-0.2, -0.15) is 0 Å². The van der Waals surface area contributed by atoms with Crippen molar-refractivity contribution in [1.29, 1.82) is 0 Å². The highest BCUT2D eigenvalue weighted by atomic mass is 19.3. The molecule has 2 N–H and O–H groups in total. The quantitative estimate of drug-likeness (QED) is 0.710. The summed E-state index contributed by atoms with van der Waals surface area (Å²) in [6.07, 6.45) is 6.18. The molecule has 0 aromatic heterocycles. The van der Waals surface area contributed by atoms with Crippen LogP contribution in [0, 0.1) is 35.0 Å². The van der Waals surface area contributed by atoms with Gasteiger partial charge in [0.25, 0.3) is 6.43 Å². The molecule has 4 rings (SSSR count). The molecule has 3 saturated carbocycles. The maximum Gasteiger partial charge on any atom is 0.267 e. The monoisotopic (exact) mass is 366 g/mol. The van der Waals surface area contributed by atoms with Crippen molar-refractivity contribution in [2.24, 2.45) is 35.0 Å². The molecule has 0 saturated heterocycles. The lowest BCUT2D eigenvalue weighted by molar-refractivity contribution is -0.119. The van der Waals surface area contributed by atoms with Crippen LogP contribution in [-0.4, -0.2) is 28.8 Å². The van der Waals surface area contributed by atoms with Crippen molar-refractivity contribution in [3.05, 3.63) is 23.8 Å². The molecule has 0 spiro atoms. The Morgan fingerprint density at radius 1 is 1.23 bits per heavy atom. The van der Waals surface area contributed by atoms with E-state index < -0.39 is 12.0 Å². The second-order valence-electron chi connectivity index (χ2n) is 9.67. The van der Waals surface area contributed by atoms with Crippen molar-refractivity contribution in [3.8, 4) is 0 Å². The summed E-state index contributed by atoms with van der Waals surface area (Å²) in [4.78, 5) is 0. The number of allylic oxidation sites excluding steroid dienone is 1. The molecule has 0 bridgehead atoms. The second-order valence-corrected chi connectivity index (χ2v) is 9.67. The van der Waals surface area contributed by atoms with Gasteiger partial charge in [-0.25, -0.2) is 8.78 Å². The molecule has 0 unspecified atom stereocenters. The standard InChI is InChI=1S/C22H32F2O2/c1-13(12-25)18-5-6-19-17-4-3-14-11-22(26,20(23)24)10-8-15(14)16(17)7-9-21(18,19)2/h3,15-20,25-26H,1,4-12H2,2H3/t15-,16+,17+,18+,19-,21+,22+/m0/s1. The Kier molecular flexibility index (Phi) is 4.59. The summed E-state index contributed by atoms with van der Waals surface area (Å²) in [5.74, 6) is 2.65. The van der Waals surface area contributed by atoms with Crippen molar-refractivity contribution in [2.45, 2.75) is 70.3 Å². The van der Waals surface area contributed by atoms with Crippen LogP contribution in [0.25, 0.3) is 0 Å². The fourth-order valence-electron chi connectivity index (χ4n) is 7.29. The summed E-state index contributed by atoms with van der Waals surface area (Å²) in [5, 5.41) is 19.9. The van der Waals surface area contributed by atoms with Crippen molar-refractivity contribution in [1.82, 2.24) is 0 Å². The van der Waals surface area contributed by atoms with E-state index in [0.29, 0.717) is 36.0 Å². The summed E-state index contributed by atoms with van der Waals surface area (Å²) >= 11 is 0. The first-order chi connectivity index (χ1) is 12.3. The number of halogens is 2. The van der Waals surface area contributed by atoms with Crippen LogP contribution >= 0.6 is 0 Å². The molecule has 0 radical (unpaired) electrons. The average molecular weight is 366 g/mol. The maximum absolute atomic E-state index is 13.3. The molecule has 7 atom stereocenters. The summed E-state index contributed by atoms with van der Waals surface area (Å²) < 4.78 is 26.5. The number of hydrogen-bond acceptors (Lipinski definition) is 2. The number of fused-ring (bicyclic) bond motifs is 5. The van der Waals surface area contributed by atoms with Crippen LogP contribution in [-0.2, 0) is 0 Å². The van der Waals surface area contributed by atoms with Crippen LogP contribution in [0.3, 0.4) is 0 Å². The van der Waals surface area contributed by atoms with E-state index in [1.54, 1.807) is 0 Å². The molecule has 0 amide bonds. The summed E-state index contributed by atoms with van der Waals surface area (Å²) in [6, 6.07) is 0. The van der Waals surface area contributed by atoms with Crippen LogP contribution in [0.2, 0.25) is 0 Å². The minimum Gasteiger partial charge on any atom is -0.392 e. The first-order valence-electron chi connectivity index (χ1n) is 10.3. The zero-order valence-corrected chi connectivity index (χ0v) is 15.8. The number of alkyl halides is 2. The SMILES string of the molecule is C=C(CO)[C@H]1CC[C@H]2[C@@H]3CC=C4C[C@@](O)(C(F)F)CC[C@@H]4[C@H]3CC[C@]12C. The molecule has 4 aliphatic rings. The van der Waals surface area contributed by atoms with E-state index in [-0.39, 0.29) is 24.9 Å². The van der Waals surface area contributed by atoms with Crippen LogP contribution < -0.4 is 0 Å². The second kappa shape index (κ2) is 6.41. The van der Waals surface area contributed by atoms with E-state index >= 15 is 0 Å². The smallest absolute Gasteiger partial charge is 0.267 e. The fraction of sp³-hybridized carbons (Fsp3) is 0.818. The van der Waals surface area contributed by atoms with Crippen LogP contribution in [0.4, 0.5) is 8.78 Å². The van der Waals surface area contributed by atoms with Crippen molar-refractivity contribution in [2.75, 3.05) is 6.61 Å². The summed E-state index contributed by atoms with van der Waals surface area (Å²) in [6.45, 7) is 6.61. The number of rotatable bonds is 3. The molecule has 0 aromatic carbocycles. The van der Waals surface area contributed by atoms with Gasteiger partial charge in [0.2, 0.25) is 0 Å². The molecule has 4 heteroatoms. The van der Waals surface area contributed by atoms with Gasteiger partial charge >= 0.3 is 0 Å². The van der Waals surface area contributed by atoms with Gasteiger partial charge in [-0.15, -0.1) is 0 Å². The van der Waals surface area contributed by atoms with Gasteiger partial charge in [0.1, 0.15) is 5.60 Å². The Morgan fingerprint density at radius 3 is 2.69 bits per heavy atom. The highest BCUT2D eigenvalue weighted by Gasteiger charge is 2.57. The van der Waals surface area contributed by atoms with Crippen LogP contribution in [0.5, 0.6) is 0 Å². The van der Waals surface area contributed by atoms with Crippen LogP contribution in [0.1, 0.15) is 58.3 Å². The highest BCUT2D eigenvalue weighted by molar-refractivity contribution is 5.23. The largest absolute Gasteiger partial charge is 0.392 e. The van der Waals surface area contributed by atoms with Crippen LogP contribution in [0.15, 0.2) is 23.8 Å². The van der Waals surface area contributed by atoms with E-state index in [1.807, 2.05) is 0 Å². The van der Waals surface area contributed by atoms with E-state index in [0.717, 1.165) is 36.8 Å². The molecule has 146 valence electrons. The van der Waals surface area contributed by atoms with Gasteiger partial charge in [0.15, 0.2) is 0 Å². The Morgan fingerprint density at radius 2 is 2.00 bits per heavy atom. The summed E-state index contributed by atoms with van der Waals surface area (Å²) in [5.41, 5.74) is 0.499. The minimum absolute atomic E-state index is 0.0833. The third kappa shape index (κ3) is 2.63. The third-order valence-electron chi connectivity index (χ3n) is 8.64. The predicted octanol–water partition coefficient (Wildman–Crippen LogP) is 4.72. The van der Waals surface area contributed by atoms with Crippen molar-refractivity contribution in [3.63, 3.8) is 0 Å². The van der Waals surface area contributed by atoms with Gasteiger partial charge < -0.3 is 10.2 Å². The average Bonchev–Trinajstić information content (AvgIpc) is 2.97. The van der Waals surface area contributed by atoms with E-state index in [2.05, 4.69) is 19.6 Å².